The van der Waals surface area contributed by atoms with Crippen LogP contribution in [0, 0.1) is 11.8 Å². The number of ether oxygens (including phenoxy) is 7. The zero-order chi connectivity index (χ0) is 35.6. The Labute approximate surface area is 308 Å². The van der Waals surface area contributed by atoms with Crippen LogP contribution in [0.25, 0.3) is 0 Å². The van der Waals surface area contributed by atoms with E-state index in [1.165, 1.54) is 17.5 Å². The molecule has 0 spiro atoms. The van der Waals surface area contributed by atoms with Gasteiger partial charge in [-0.25, -0.2) is 0 Å². The molecule has 2 unspecified atom stereocenters. The van der Waals surface area contributed by atoms with Crippen LogP contribution in [0.3, 0.4) is 0 Å². The maximum Gasteiger partial charge on any atom is 0.310 e. The first-order chi connectivity index (χ1) is 24.8. The summed E-state index contributed by atoms with van der Waals surface area (Å²) in [5.74, 6) is 2.21. The number of unbranched alkanes of at least 4 members (excludes halogenated alkanes) is 1. The SMILES string of the molecule is COc1cc([C@@H]2c3cc4c(cc3[C@H](OC(=O)CCCCC3CCSC(c5ccc(C(C)C)cc5)S3)[C@H]3COC(=O)[C@H]23)OCO4)cc(OC)c1OC. The Kier molecular flexibility index (Phi) is 10.8. The highest BCUT2D eigenvalue weighted by Crippen LogP contribution is 2.57. The molecule has 2 fully saturated rings. The number of carbonyl (C=O) groups is 2. The highest BCUT2D eigenvalue weighted by molar-refractivity contribution is 8.17. The molecular weight excluding hydrogens is 689 g/mol. The van der Waals surface area contributed by atoms with Crippen LogP contribution >= 0.6 is 23.5 Å². The van der Waals surface area contributed by atoms with Gasteiger partial charge in [-0.3, -0.25) is 9.59 Å². The standard InChI is InChI=1S/C40H46O9S2/c1-22(2)23-10-12-24(13-11-23)40-50-15-14-26(51-40)8-6-7-9-34(41)49-37-28-19-31-30(47-21-48-31)18-27(28)35(36-29(37)20-46-39(36)42)25-16-32(43-3)38(45-5)33(17-25)44-4/h10-13,16-19,22,26,29,35-37,40H,6-9,14-15,20-21H2,1-5H3/t26?,29-,35+,36-,37-,40?/m0/s1. The van der Waals surface area contributed by atoms with Crippen molar-refractivity contribution in [3.8, 4) is 28.7 Å². The minimum Gasteiger partial charge on any atom is -0.493 e. The molecule has 0 amide bonds. The first-order valence-corrected chi connectivity index (χ1v) is 19.7. The Hall–Kier alpha value is -3.70. The van der Waals surface area contributed by atoms with E-state index in [0.717, 1.165) is 41.7 Å². The summed E-state index contributed by atoms with van der Waals surface area (Å²) in [6.07, 6.45) is 3.58. The van der Waals surface area contributed by atoms with Crippen LogP contribution in [-0.2, 0) is 19.1 Å². The number of hydrogen-bond donors (Lipinski definition) is 0. The van der Waals surface area contributed by atoms with Gasteiger partial charge >= 0.3 is 11.9 Å². The molecule has 3 heterocycles. The summed E-state index contributed by atoms with van der Waals surface area (Å²) in [5.41, 5.74) is 5.15. The van der Waals surface area contributed by atoms with Crippen LogP contribution in [0.2, 0.25) is 0 Å². The average Bonchev–Trinajstić information content (AvgIpc) is 3.78. The quantitative estimate of drug-likeness (QED) is 0.132. The molecule has 0 bridgehead atoms. The van der Waals surface area contributed by atoms with Gasteiger partial charge in [0.1, 0.15) is 6.10 Å². The predicted molar refractivity (Wildman–Crippen MR) is 197 cm³/mol. The summed E-state index contributed by atoms with van der Waals surface area (Å²) in [7, 11) is 4.68. The molecule has 4 aliphatic rings. The van der Waals surface area contributed by atoms with E-state index in [1.54, 1.807) is 21.3 Å². The van der Waals surface area contributed by atoms with Gasteiger partial charge in [-0.15, -0.1) is 23.5 Å². The molecule has 0 radical (unpaired) electrons. The van der Waals surface area contributed by atoms with Gasteiger partial charge in [0.2, 0.25) is 12.5 Å². The van der Waals surface area contributed by atoms with Crippen molar-refractivity contribution in [2.45, 2.75) is 73.7 Å². The maximum atomic E-state index is 13.5. The van der Waals surface area contributed by atoms with Crippen molar-refractivity contribution in [3.05, 3.63) is 76.3 Å². The van der Waals surface area contributed by atoms with Crippen LogP contribution in [0.4, 0.5) is 0 Å². The van der Waals surface area contributed by atoms with Gasteiger partial charge in [0, 0.05) is 29.1 Å². The fraction of sp³-hybridized carbons (Fsp3) is 0.500. The molecule has 272 valence electrons. The Morgan fingerprint density at radius 1 is 0.882 bits per heavy atom. The van der Waals surface area contributed by atoms with Gasteiger partial charge in [-0.05, 0) is 77.5 Å². The Balaban J connectivity index is 1.06. The summed E-state index contributed by atoms with van der Waals surface area (Å²) in [6, 6.07) is 16.6. The molecule has 2 saturated heterocycles. The number of fused-ring (bicyclic) bond motifs is 3. The molecule has 9 nitrogen and oxygen atoms in total. The molecule has 7 rings (SSSR count). The third-order valence-electron chi connectivity index (χ3n) is 10.5. The van der Waals surface area contributed by atoms with Crippen molar-refractivity contribution in [2.24, 2.45) is 11.8 Å². The van der Waals surface area contributed by atoms with Gasteiger partial charge in [-0.2, -0.15) is 0 Å². The summed E-state index contributed by atoms with van der Waals surface area (Å²) in [4.78, 5) is 27.0. The zero-order valence-corrected chi connectivity index (χ0v) is 31.4. The van der Waals surface area contributed by atoms with E-state index in [1.807, 2.05) is 36.0 Å². The van der Waals surface area contributed by atoms with E-state index in [0.29, 0.717) is 50.9 Å². The van der Waals surface area contributed by atoms with Crippen molar-refractivity contribution in [3.63, 3.8) is 0 Å². The highest BCUT2D eigenvalue weighted by atomic mass is 32.2. The number of benzene rings is 3. The minimum absolute atomic E-state index is 0.0928. The summed E-state index contributed by atoms with van der Waals surface area (Å²) in [6.45, 7) is 4.69. The third kappa shape index (κ3) is 7.20. The number of methoxy groups -OCH3 is 3. The van der Waals surface area contributed by atoms with Crippen molar-refractivity contribution < 1.29 is 42.7 Å². The Morgan fingerprint density at radius 2 is 1.59 bits per heavy atom. The van der Waals surface area contributed by atoms with Gasteiger partial charge < -0.3 is 33.2 Å². The van der Waals surface area contributed by atoms with Crippen LogP contribution in [0.15, 0.2) is 48.5 Å². The first-order valence-electron chi connectivity index (χ1n) is 17.8. The van der Waals surface area contributed by atoms with Gasteiger partial charge in [0.05, 0.1) is 38.4 Å². The number of esters is 2. The van der Waals surface area contributed by atoms with E-state index in [4.69, 9.17) is 33.2 Å². The Morgan fingerprint density at radius 3 is 2.25 bits per heavy atom. The van der Waals surface area contributed by atoms with Gasteiger partial charge in [-0.1, -0.05) is 44.5 Å². The lowest BCUT2D eigenvalue weighted by atomic mass is 9.66. The fourth-order valence-corrected chi connectivity index (χ4v) is 11.2. The fourth-order valence-electron chi connectivity index (χ4n) is 7.80. The molecule has 51 heavy (non-hydrogen) atoms. The number of hydrogen-bond acceptors (Lipinski definition) is 11. The molecule has 3 aromatic carbocycles. The molecule has 6 atom stereocenters. The second-order valence-corrected chi connectivity index (χ2v) is 16.7. The third-order valence-corrected chi connectivity index (χ3v) is 13.6. The number of thioether (sulfide) groups is 2. The normalized spacial score (nSPS) is 24.8. The minimum atomic E-state index is -0.675. The number of cyclic esters (lactones) is 1. The van der Waals surface area contributed by atoms with E-state index < -0.39 is 17.9 Å². The molecule has 0 saturated carbocycles. The molecule has 11 heteroatoms. The largest absolute Gasteiger partial charge is 0.493 e. The summed E-state index contributed by atoms with van der Waals surface area (Å²) in [5, 5.41) is 0.570. The lowest BCUT2D eigenvalue weighted by molar-refractivity contribution is -0.154. The zero-order valence-electron chi connectivity index (χ0n) is 29.8. The van der Waals surface area contributed by atoms with Crippen molar-refractivity contribution in [1.82, 2.24) is 0 Å². The van der Waals surface area contributed by atoms with Gasteiger partial charge in [0.15, 0.2) is 23.0 Å². The molecule has 0 N–H and O–H groups in total. The van der Waals surface area contributed by atoms with Crippen LogP contribution in [-0.4, -0.2) is 57.7 Å². The predicted octanol–water partition coefficient (Wildman–Crippen LogP) is 8.58. The highest BCUT2D eigenvalue weighted by Gasteiger charge is 2.54. The molecular formula is C40H46O9S2. The van der Waals surface area contributed by atoms with Crippen molar-refractivity contribution in [2.75, 3.05) is 40.5 Å². The van der Waals surface area contributed by atoms with Crippen LogP contribution in [0.5, 0.6) is 28.7 Å². The van der Waals surface area contributed by atoms with E-state index in [9.17, 15) is 9.59 Å². The topological polar surface area (TPSA) is 98.8 Å². The summed E-state index contributed by atoms with van der Waals surface area (Å²) >= 11 is 4.09. The molecule has 3 aromatic rings. The second-order valence-electron chi connectivity index (χ2n) is 13.8. The van der Waals surface area contributed by atoms with Crippen LogP contribution in [0.1, 0.15) is 96.3 Å². The van der Waals surface area contributed by atoms with E-state index >= 15 is 0 Å². The average molecular weight is 735 g/mol. The lowest BCUT2D eigenvalue weighted by Crippen LogP contribution is -2.36. The second kappa shape index (κ2) is 15.5. The monoisotopic (exact) mass is 734 g/mol. The number of rotatable bonds is 12. The molecule has 0 aromatic heterocycles. The Bertz CT molecular complexity index is 1720. The van der Waals surface area contributed by atoms with E-state index in [2.05, 4.69) is 49.9 Å². The van der Waals surface area contributed by atoms with E-state index in [-0.39, 0.29) is 31.3 Å². The van der Waals surface area contributed by atoms with Crippen LogP contribution < -0.4 is 23.7 Å². The molecule has 3 aliphatic heterocycles. The van der Waals surface area contributed by atoms with Crippen molar-refractivity contribution in [1.29, 1.82) is 0 Å². The maximum absolute atomic E-state index is 13.5. The lowest BCUT2D eigenvalue weighted by Gasteiger charge is -2.38. The molecule has 1 aliphatic carbocycles. The summed E-state index contributed by atoms with van der Waals surface area (Å²) < 4.78 is 40.9. The smallest absolute Gasteiger partial charge is 0.310 e. The van der Waals surface area contributed by atoms with Crippen molar-refractivity contribution >= 4 is 35.5 Å². The van der Waals surface area contributed by atoms with Gasteiger partial charge in [0.25, 0.3) is 0 Å². The number of carbonyl (C=O) groups excluding carboxylic acids is 2. The first kappa shape index (κ1) is 35.7.